The number of aryl methyl sites for hydroxylation is 3. The molecule has 0 unspecified atom stereocenters. The standard InChI is InChI=1S/C34H37F3N6O/c1-24-20-30(14-17-38-24)39-29-11-6-27(7-12-29)22-43(33(44)13-8-26-4-9-28(10-5-26)34(35,36)37)31-15-18-42(19-16-31)23-32-21-25(2)40-41(32)3/h4-14,17,20-21,31H,15-16,18-19,22-23H2,1-3H3,(H,38,39). The van der Waals surface area contributed by atoms with Gasteiger partial charge in [0.15, 0.2) is 0 Å². The third kappa shape index (κ3) is 8.13. The predicted molar refractivity (Wildman–Crippen MR) is 166 cm³/mol. The number of pyridine rings is 1. The van der Waals surface area contributed by atoms with Gasteiger partial charge >= 0.3 is 6.18 Å². The smallest absolute Gasteiger partial charge is 0.355 e. The van der Waals surface area contributed by atoms with Crippen molar-refractivity contribution in [2.24, 2.45) is 7.05 Å². The van der Waals surface area contributed by atoms with Gasteiger partial charge in [-0.25, -0.2) is 0 Å². The summed E-state index contributed by atoms with van der Waals surface area (Å²) in [5.74, 6) is -0.167. The topological polar surface area (TPSA) is 66.3 Å². The third-order valence-corrected chi connectivity index (χ3v) is 7.91. The van der Waals surface area contributed by atoms with Crippen LogP contribution in [-0.4, -0.2) is 49.6 Å². The molecule has 0 aliphatic carbocycles. The summed E-state index contributed by atoms with van der Waals surface area (Å²) in [6, 6.07) is 18.8. The van der Waals surface area contributed by atoms with E-state index in [-0.39, 0.29) is 11.9 Å². The van der Waals surface area contributed by atoms with Gasteiger partial charge < -0.3 is 10.2 Å². The van der Waals surface area contributed by atoms with Crippen molar-refractivity contribution in [3.8, 4) is 0 Å². The number of carbonyl (C=O) groups is 1. The Bertz CT molecular complexity index is 1590. The first-order chi connectivity index (χ1) is 21.0. The van der Waals surface area contributed by atoms with Gasteiger partial charge in [-0.15, -0.1) is 0 Å². The summed E-state index contributed by atoms with van der Waals surface area (Å²) in [6.45, 7) is 6.84. The molecule has 4 aromatic rings. The average Bonchev–Trinajstić information content (AvgIpc) is 3.31. The largest absolute Gasteiger partial charge is 0.416 e. The van der Waals surface area contributed by atoms with Crippen LogP contribution in [0.25, 0.3) is 6.08 Å². The lowest BCUT2D eigenvalue weighted by Gasteiger charge is -2.38. The SMILES string of the molecule is Cc1cc(Nc2ccc(CN(C(=O)C=Cc3ccc(C(F)(F)F)cc3)C3CCN(Cc4cc(C)nn4C)CC3)cc2)ccn1. The highest BCUT2D eigenvalue weighted by Crippen LogP contribution is 2.29. The maximum atomic E-state index is 13.6. The minimum absolute atomic E-state index is 0.0295. The van der Waals surface area contributed by atoms with E-state index in [1.807, 2.05) is 66.9 Å². The van der Waals surface area contributed by atoms with Crippen molar-refractivity contribution in [3.05, 3.63) is 113 Å². The lowest BCUT2D eigenvalue weighted by molar-refractivity contribution is -0.137. The number of carbonyl (C=O) groups excluding carboxylic acids is 1. The number of hydrogen-bond acceptors (Lipinski definition) is 5. The molecule has 0 saturated carbocycles. The van der Waals surface area contributed by atoms with Crippen LogP contribution in [0.4, 0.5) is 24.5 Å². The Labute approximate surface area is 256 Å². The van der Waals surface area contributed by atoms with Gasteiger partial charge in [0.05, 0.1) is 17.0 Å². The molecule has 44 heavy (non-hydrogen) atoms. The van der Waals surface area contributed by atoms with Crippen molar-refractivity contribution in [2.45, 2.75) is 52.0 Å². The first-order valence-corrected chi connectivity index (χ1v) is 14.7. The molecule has 230 valence electrons. The van der Waals surface area contributed by atoms with Crippen molar-refractivity contribution in [1.29, 1.82) is 0 Å². The summed E-state index contributed by atoms with van der Waals surface area (Å²) in [5.41, 5.74) is 5.76. The molecule has 5 rings (SSSR count). The molecular formula is C34H37F3N6O. The van der Waals surface area contributed by atoms with Gasteiger partial charge in [0.2, 0.25) is 5.91 Å². The first kappa shape index (κ1) is 31.0. The number of piperidine rings is 1. The van der Waals surface area contributed by atoms with E-state index in [1.54, 1.807) is 12.3 Å². The van der Waals surface area contributed by atoms with Gasteiger partial charge in [-0.2, -0.15) is 18.3 Å². The number of alkyl halides is 3. The number of rotatable bonds is 9. The third-order valence-electron chi connectivity index (χ3n) is 7.91. The van der Waals surface area contributed by atoms with Crippen LogP contribution in [0, 0.1) is 13.8 Å². The van der Waals surface area contributed by atoms with Gasteiger partial charge in [0, 0.05) is 68.6 Å². The number of halogens is 3. The molecule has 3 heterocycles. The fourth-order valence-electron chi connectivity index (χ4n) is 5.54. The van der Waals surface area contributed by atoms with E-state index in [4.69, 9.17) is 0 Å². The van der Waals surface area contributed by atoms with Gasteiger partial charge in [-0.05, 0) is 86.4 Å². The lowest BCUT2D eigenvalue weighted by Crippen LogP contribution is -2.46. The van der Waals surface area contributed by atoms with Crippen molar-refractivity contribution in [2.75, 3.05) is 18.4 Å². The van der Waals surface area contributed by atoms with Crippen LogP contribution in [0.2, 0.25) is 0 Å². The Morgan fingerprint density at radius 2 is 1.68 bits per heavy atom. The number of anilines is 2. The van der Waals surface area contributed by atoms with E-state index in [1.165, 1.54) is 18.2 Å². The fourth-order valence-corrected chi connectivity index (χ4v) is 5.54. The number of likely N-dealkylation sites (tertiary alicyclic amines) is 1. The van der Waals surface area contributed by atoms with Crippen LogP contribution in [-0.2, 0) is 31.1 Å². The molecule has 1 amide bonds. The molecule has 0 spiro atoms. The van der Waals surface area contributed by atoms with Crippen LogP contribution >= 0.6 is 0 Å². The van der Waals surface area contributed by atoms with Crippen molar-refractivity contribution in [3.63, 3.8) is 0 Å². The zero-order valence-electron chi connectivity index (χ0n) is 25.2. The van der Waals surface area contributed by atoms with E-state index in [2.05, 4.69) is 26.4 Å². The van der Waals surface area contributed by atoms with E-state index >= 15 is 0 Å². The Morgan fingerprint density at radius 1 is 0.977 bits per heavy atom. The molecular weight excluding hydrogens is 565 g/mol. The summed E-state index contributed by atoms with van der Waals surface area (Å²) < 4.78 is 40.9. The highest BCUT2D eigenvalue weighted by atomic mass is 19.4. The first-order valence-electron chi connectivity index (χ1n) is 14.7. The normalized spacial score (nSPS) is 14.7. The Hall–Kier alpha value is -4.44. The van der Waals surface area contributed by atoms with Gasteiger partial charge in [0.25, 0.3) is 0 Å². The maximum absolute atomic E-state index is 13.6. The highest BCUT2D eigenvalue weighted by Gasteiger charge is 2.30. The minimum atomic E-state index is -4.40. The van der Waals surface area contributed by atoms with E-state index in [0.29, 0.717) is 12.1 Å². The molecule has 0 bridgehead atoms. The quantitative estimate of drug-likeness (QED) is 0.211. The predicted octanol–water partition coefficient (Wildman–Crippen LogP) is 6.90. The summed E-state index contributed by atoms with van der Waals surface area (Å²) >= 11 is 0. The highest BCUT2D eigenvalue weighted by molar-refractivity contribution is 5.92. The van der Waals surface area contributed by atoms with Crippen LogP contribution < -0.4 is 5.32 Å². The second kappa shape index (κ2) is 13.5. The number of hydrogen-bond donors (Lipinski definition) is 1. The summed E-state index contributed by atoms with van der Waals surface area (Å²) in [6.07, 6.45) is 2.04. The molecule has 1 saturated heterocycles. The van der Waals surface area contributed by atoms with E-state index in [9.17, 15) is 18.0 Å². The van der Waals surface area contributed by atoms with Gasteiger partial charge in [0.1, 0.15) is 0 Å². The number of aromatic nitrogens is 3. The summed E-state index contributed by atoms with van der Waals surface area (Å²) in [5, 5.41) is 7.83. The minimum Gasteiger partial charge on any atom is -0.355 e. The molecule has 10 heteroatoms. The molecule has 2 aromatic carbocycles. The van der Waals surface area contributed by atoms with Gasteiger partial charge in [-0.1, -0.05) is 24.3 Å². The monoisotopic (exact) mass is 602 g/mol. The number of benzene rings is 2. The molecule has 0 radical (unpaired) electrons. The Morgan fingerprint density at radius 3 is 2.30 bits per heavy atom. The van der Waals surface area contributed by atoms with Crippen LogP contribution in [0.1, 0.15) is 46.6 Å². The second-order valence-corrected chi connectivity index (χ2v) is 11.3. The van der Waals surface area contributed by atoms with Crippen molar-refractivity contribution in [1.82, 2.24) is 24.6 Å². The second-order valence-electron chi connectivity index (χ2n) is 11.3. The van der Waals surface area contributed by atoms with Gasteiger partial charge in [-0.3, -0.25) is 19.4 Å². The summed E-state index contributed by atoms with van der Waals surface area (Å²) in [7, 11) is 1.96. The van der Waals surface area contributed by atoms with Crippen LogP contribution in [0.15, 0.2) is 79.0 Å². The number of nitrogens with one attached hydrogen (secondary N) is 1. The zero-order chi connectivity index (χ0) is 31.3. The van der Waals surface area contributed by atoms with E-state index in [0.717, 1.165) is 78.6 Å². The zero-order valence-corrected chi connectivity index (χ0v) is 25.2. The Kier molecular flexibility index (Phi) is 9.49. The number of amides is 1. The number of nitrogens with zero attached hydrogens (tertiary/aromatic N) is 5. The van der Waals surface area contributed by atoms with E-state index < -0.39 is 11.7 Å². The summed E-state index contributed by atoms with van der Waals surface area (Å²) in [4.78, 5) is 22.1. The molecule has 1 aliphatic rings. The molecule has 1 N–H and O–H groups in total. The fraction of sp³-hybridized carbons (Fsp3) is 0.324. The molecule has 1 aliphatic heterocycles. The molecule has 7 nitrogen and oxygen atoms in total. The molecule has 1 fully saturated rings. The van der Waals surface area contributed by atoms with Crippen molar-refractivity contribution >= 4 is 23.4 Å². The van der Waals surface area contributed by atoms with Crippen molar-refractivity contribution < 1.29 is 18.0 Å². The van der Waals surface area contributed by atoms with Crippen LogP contribution in [0.3, 0.4) is 0 Å². The molecule has 2 aromatic heterocycles. The maximum Gasteiger partial charge on any atom is 0.416 e. The molecule has 0 atom stereocenters. The van der Waals surface area contributed by atoms with Crippen LogP contribution in [0.5, 0.6) is 0 Å². The Balaban J connectivity index is 1.29. The lowest BCUT2D eigenvalue weighted by atomic mass is 10.0. The average molecular weight is 603 g/mol.